The van der Waals surface area contributed by atoms with Gasteiger partial charge in [-0.2, -0.15) is 5.48 Å². The van der Waals surface area contributed by atoms with Gasteiger partial charge in [-0.3, -0.25) is 4.79 Å². The number of hydroxylamine groups is 1. The molecule has 44 valence electrons. The van der Waals surface area contributed by atoms with Crippen LogP contribution >= 0.6 is 0 Å². The van der Waals surface area contributed by atoms with Crippen molar-refractivity contribution in [1.29, 1.82) is 0 Å². The first-order valence-corrected chi connectivity index (χ1v) is 1.42. The summed E-state index contributed by atoms with van der Waals surface area (Å²) in [4.78, 5) is 22.5. The van der Waals surface area contributed by atoms with Crippen molar-refractivity contribution in [2.24, 2.45) is 5.73 Å². The summed E-state index contributed by atoms with van der Waals surface area (Å²) in [6.45, 7) is 0.0603. The monoisotopic (exact) mass is 146 g/mol. The first kappa shape index (κ1) is 10.9. The van der Waals surface area contributed by atoms with Crippen LogP contribution in [0.3, 0.4) is 0 Å². The van der Waals surface area contributed by atoms with Crippen molar-refractivity contribution in [3.05, 3.63) is 0 Å². The zero-order valence-corrected chi connectivity index (χ0v) is 3.38. The minimum atomic E-state index is -0.896. The van der Waals surface area contributed by atoms with Crippen molar-refractivity contribution in [3.63, 3.8) is 0 Å². The van der Waals surface area contributed by atoms with E-state index in [1.807, 2.05) is 0 Å². The van der Waals surface area contributed by atoms with Gasteiger partial charge in [-0.25, -0.2) is 4.79 Å². The molecule has 0 aromatic rings. The van der Waals surface area contributed by atoms with Crippen LogP contribution in [0.1, 0.15) is 0 Å². The molecule has 0 unspecified atom stereocenters. The molecule has 0 aliphatic carbocycles. The maximum absolute atomic E-state index is 9.59. The van der Waals surface area contributed by atoms with Gasteiger partial charge < -0.3 is 10.6 Å². The summed E-state index contributed by atoms with van der Waals surface area (Å²) in [5.74, 6) is 0. The van der Waals surface area contributed by atoms with E-state index in [4.69, 9.17) is 0 Å². The number of nitrogens with one attached hydrogen (secondary N) is 1. The Morgan fingerprint density at radius 2 is 2.25 bits per heavy atom. The van der Waals surface area contributed by atoms with Gasteiger partial charge in [0.15, 0.2) is 0 Å². The molecule has 0 fully saturated rings. The number of carbonyl (C=O) groups excluding carboxylic acids is 2. The molecule has 0 spiro atoms. The molecule has 0 aliphatic rings. The van der Waals surface area contributed by atoms with E-state index < -0.39 is 6.03 Å². The van der Waals surface area contributed by atoms with Crippen LogP contribution < -0.4 is 11.2 Å². The molecule has 0 radical (unpaired) electrons. The summed E-state index contributed by atoms with van der Waals surface area (Å²) >= 11 is 0. The first-order valence-electron chi connectivity index (χ1n) is 1.42. The van der Waals surface area contributed by atoms with Gasteiger partial charge in [0.2, 0.25) is 0 Å². The number of hydrogen-bond acceptors (Lipinski definition) is 3. The fraction of sp³-hybridized carbons (Fsp3) is 0. The van der Waals surface area contributed by atoms with Gasteiger partial charge >= 0.3 is 50.2 Å². The van der Waals surface area contributed by atoms with Crippen molar-refractivity contribution in [2.45, 2.75) is 0 Å². The third kappa shape index (κ3) is 9.37. The number of hydrogen-bond donors (Lipinski definition) is 2. The summed E-state index contributed by atoms with van der Waals surface area (Å²) in [5, 5.41) is 0. The molecule has 5 nitrogen and oxygen atoms in total. The van der Waals surface area contributed by atoms with E-state index in [0.717, 1.165) is 0 Å². The van der Waals surface area contributed by atoms with Gasteiger partial charge in [-0.05, 0) is 0 Å². The molecule has 3 N–H and O–H groups in total. The molecule has 2 amide bonds. The molecule has 0 heterocycles. The van der Waals surface area contributed by atoms with Crippen LogP contribution in [0.25, 0.3) is 0 Å². The summed E-state index contributed by atoms with van der Waals surface area (Å²) in [7, 11) is 0. The molecule has 0 aromatic heterocycles. The Labute approximate surface area is 75.5 Å². The van der Waals surface area contributed by atoms with Crippen LogP contribution in [0.5, 0.6) is 0 Å². The molecule has 0 atom stereocenters. The molecule has 8 heavy (non-hydrogen) atoms. The van der Waals surface area contributed by atoms with Crippen molar-refractivity contribution in [3.8, 4) is 0 Å². The van der Waals surface area contributed by atoms with Crippen LogP contribution in [0.15, 0.2) is 0 Å². The third-order valence-electron chi connectivity index (χ3n) is 0.208. The summed E-state index contributed by atoms with van der Waals surface area (Å²) in [5.41, 5.74) is 6.01. The molecule has 0 saturated heterocycles. The molecule has 0 saturated carbocycles. The topological polar surface area (TPSA) is 81.4 Å². The van der Waals surface area contributed by atoms with Gasteiger partial charge in [-0.1, -0.05) is 0 Å². The van der Waals surface area contributed by atoms with Gasteiger partial charge in [0.05, 0.1) is 0 Å². The van der Waals surface area contributed by atoms with E-state index in [2.05, 4.69) is 10.6 Å². The van der Waals surface area contributed by atoms with Crippen molar-refractivity contribution >= 4 is 50.2 Å². The van der Waals surface area contributed by atoms with Crippen LogP contribution in [0.4, 0.5) is 4.79 Å². The molecule has 0 aliphatic heterocycles. The third-order valence-corrected chi connectivity index (χ3v) is 0.208. The number of carbonyl (C=O) groups is 2. The standard InChI is InChI=1S/C2H4N2O3.Ca.2H/c3-2(6)4-7-1-5;;;/h1H,(H3,3,4,6);;;. The predicted octanol–water partition coefficient (Wildman–Crippen LogP) is -2.17. The molecule has 6 heteroatoms. The van der Waals surface area contributed by atoms with Crippen molar-refractivity contribution in [1.82, 2.24) is 5.48 Å². The van der Waals surface area contributed by atoms with Gasteiger partial charge in [0.25, 0.3) is 0 Å². The normalized spacial score (nSPS) is 6.00. The van der Waals surface area contributed by atoms with Crippen LogP contribution in [0.2, 0.25) is 0 Å². The zero-order chi connectivity index (χ0) is 5.70. The fourth-order valence-corrected chi connectivity index (χ4v) is 0.0821. The van der Waals surface area contributed by atoms with Crippen LogP contribution in [0, 0.1) is 0 Å². The summed E-state index contributed by atoms with van der Waals surface area (Å²) in [6, 6.07) is -0.896. The van der Waals surface area contributed by atoms with E-state index in [1.165, 1.54) is 0 Å². The Balaban J connectivity index is 0. The predicted molar refractivity (Wildman–Crippen MR) is 28.4 cm³/mol. The number of amides is 2. The van der Waals surface area contributed by atoms with Gasteiger partial charge in [0.1, 0.15) is 0 Å². The first-order chi connectivity index (χ1) is 3.27. The quantitative estimate of drug-likeness (QED) is 0.264. The maximum atomic E-state index is 9.59. The Hall–Kier alpha value is -0.000260. The Kier molecular flexibility index (Phi) is 9.53. The second-order valence-corrected chi connectivity index (χ2v) is 0.680. The van der Waals surface area contributed by atoms with Crippen molar-refractivity contribution < 1.29 is 14.4 Å². The Morgan fingerprint density at radius 3 is 2.38 bits per heavy atom. The Morgan fingerprint density at radius 1 is 1.75 bits per heavy atom. The molecule has 0 aromatic carbocycles. The van der Waals surface area contributed by atoms with E-state index in [9.17, 15) is 9.59 Å². The van der Waals surface area contributed by atoms with E-state index in [0.29, 0.717) is 0 Å². The SMILES string of the molecule is NC(=O)NOC=O.[CaH2]. The average Bonchev–Trinajstić information content (AvgIpc) is 1.61. The molecule has 0 bridgehead atoms. The zero-order valence-electron chi connectivity index (χ0n) is 3.38. The second kappa shape index (κ2) is 7.00. The number of nitrogens with two attached hydrogens (primary N) is 1. The molecule has 0 rings (SSSR count). The van der Waals surface area contributed by atoms with Crippen LogP contribution in [-0.2, 0) is 9.63 Å². The van der Waals surface area contributed by atoms with Crippen molar-refractivity contribution in [2.75, 3.05) is 0 Å². The second-order valence-electron chi connectivity index (χ2n) is 0.680. The van der Waals surface area contributed by atoms with E-state index >= 15 is 0 Å². The summed E-state index contributed by atoms with van der Waals surface area (Å²) in [6.07, 6.45) is 0. The van der Waals surface area contributed by atoms with Gasteiger partial charge in [0, 0.05) is 0 Å². The van der Waals surface area contributed by atoms with Crippen LogP contribution in [-0.4, -0.2) is 50.2 Å². The number of primary amides is 1. The number of rotatable bonds is 2. The fourth-order valence-electron chi connectivity index (χ4n) is 0.0821. The number of urea groups is 1. The van der Waals surface area contributed by atoms with E-state index in [1.54, 1.807) is 5.48 Å². The van der Waals surface area contributed by atoms with E-state index in [-0.39, 0.29) is 44.2 Å². The van der Waals surface area contributed by atoms with Gasteiger partial charge in [-0.15, -0.1) is 0 Å². The average molecular weight is 146 g/mol. The Bertz CT molecular complexity index is 85.4. The summed E-state index contributed by atoms with van der Waals surface area (Å²) < 4.78 is 0. The molecular formula is C2H6CaN2O3. The molecular weight excluding hydrogens is 140 g/mol. The minimum absolute atomic E-state index is 0.